The normalized spacial score (nSPS) is 9.84. The molecule has 0 fully saturated rings. The monoisotopic (exact) mass is 254 g/mol. The number of para-hydroxylation sites is 1. The van der Waals surface area contributed by atoms with E-state index in [2.05, 4.69) is 17.1 Å². The lowest BCUT2D eigenvalue weighted by atomic mass is 10.2. The Kier molecular flexibility index (Phi) is 3.99. The Morgan fingerprint density at radius 3 is 2.79 bits per heavy atom. The van der Waals surface area contributed by atoms with Gasteiger partial charge < -0.3 is 4.74 Å². The lowest BCUT2D eigenvalue weighted by Crippen LogP contribution is -2.07. The van der Waals surface area contributed by atoms with E-state index in [0.717, 1.165) is 0 Å². The number of esters is 1. The smallest absolute Gasteiger partial charge is 0.354 e. The van der Waals surface area contributed by atoms with Crippen LogP contribution in [0.4, 0.5) is 0 Å². The maximum Gasteiger partial charge on any atom is 0.354 e. The third-order valence-corrected chi connectivity index (χ3v) is 2.37. The van der Waals surface area contributed by atoms with Crippen molar-refractivity contribution in [3.8, 4) is 17.7 Å². The van der Waals surface area contributed by atoms with Crippen molar-refractivity contribution >= 4 is 5.97 Å². The van der Waals surface area contributed by atoms with E-state index in [0.29, 0.717) is 11.3 Å². The Morgan fingerprint density at radius 1 is 1.32 bits per heavy atom. The molecule has 0 amide bonds. The fourth-order valence-electron chi connectivity index (χ4n) is 1.51. The number of rotatable bonds is 2. The van der Waals surface area contributed by atoms with E-state index in [1.54, 1.807) is 41.3 Å². The van der Waals surface area contributed by atoms with Crippen LogP contribution in [-0.2, 0) is 4.74 Å². The number of nitrogens with zero attached hydrogens (tertiary/aromatic N) is 2. The molecule has 96 valence electrons. The summed E-state index contributed by atoms with van der Waals surface area (Å²) in [5, 5.41) is 4.11. The second kappa shape index (κ2) is 5.87. The Bertz CT molecular complexity index is 619. The third-order valence-electron chi connectivity index (χ3n) is 2.37. The highest BCUT2D eigenvalue weighted by Crippen LogP contribution is 2.14. The fraction of sp³-hybridized carbons (Fsp3) is 0.200. The molecule has 0 saturated heterocycles. The Morgan fingerprint density at radius 2 is 2.11 bits per heavy atom. The summed E-state index contributed by atoms with van der Waals surface area (Å²) in [4.78, 5) is 12.0. The lowest BCUT2D eigenvalue weighted by molar-refractivity contribution is 0.0690. The molecule has 0 saturated carbocycles. The van der Waals surface area contributed by atoms with Crippen LogP contribution in [0.3, 0.4) is 0 Å². The molecule has 2 rings (SSSR count). The third kappa shape index (κ3) is 3.23. The van der Waals surface area contributed by atoms with E-state index in [1.807, 2.05) is 19.9 Å². The van der Waals surface area contributed by atoms with Gasteiger partial charge in [0.15, 0.2) is 0 Å². The van der Waals surface area contributed by atoms with Crippen molar-refractivity contribution in [2.45, 2.75) is 13.8 Å². The van der Waals surface area contributed by atoms with Gasteiger partial charge in [-0.1, -0.05) is 31.9 Å². The number of hydrogen-bond donors (Lipinski definition) is 0. The molecule has 1 heterocycles. The van der Waals surface area contributed by atoms with Crippen LogP contribution in [0, 0.1) is 17.9 Å². The number of carbonyl (C=O) groups is 1. The number of ether oxygens (including phenoxy) is 1. The van der Waals surface area contributed by atoms with Gasteiger partial charge in [-0.3, -0.25) is 0 Å². The van der Waals surface area contributed by atoms with Gasteiger partial charge in [0, 0.05) is 18.3 Å². The topological polar surface area (TPSA) is 44.1 Å². The predicted octanol–water partition coefficient (Wildman–Crippen LogP) is 2.65. The van der Waals surface area contributed by atoms with Gasteiger partial charge in [-0.15, -0.1) is 0 Å². The van der Waals surface area contributed by atoms with E-state index in [4.69, 9.17) is 4.74 Å². The van der Waals surface area contributed by atoms with Crippen molar-refractivity contribution in [2.75, 3.05) is 0 Å². The molecule has 0 aliphatic heterocycles. The second-order valence-electron chi connectivity index (χ2n) is 4.26. The van der Waals surface area contributed by atoms with Crippen molar-refractivity contribution in [1.82, 2.24) is 9.78 Å². The van der Waals surface area contributed by atoms with E-state index in [1.165, 1.54) is 0 Å². The first kappa shape index (κ1) is 12.9. The van der Waals surface area contributed by atoms with Gasteiger partial charge in [-0.25, -0.2) is 9.48 Å². The first-order valence-electron chi connectivity index (χ1n) is 5.99. The highest BCUT2D eigenvalue weighted by atomic mass is 16.5. The van der Waals surface area contributed by atoms with E-state index >= 15 is 0 Å². The molecule has 2 aromatic rings. The molecule has 19 heavy (non-hydrogen) atoms. The summed E-state index contributed by atoms with van der Waals surface area (Å²) in [5.41, 5.74) is 1.10. The van der Waals surface area contributed by atoms with E-state index < -0.39 is 5.97 Å². The molecule has 1 aromatic heterocycles. The zero-order valence-corrected chi connectivity index (χ0v) is 10.8. The molecule has 1 aromatic carbocycles. The minimum Gasteiger partial charge on any atom is -0.368 e. The number of hydrogen-bond acceptors (Lipinski definition) is 3. The first-order chi connectivity index (χ1) is 9.18. The summed E-state index contributed by atoms with van der Waals surface area (Å²) >= 11 is 0. The largest absolute Gasteiger partial charge is 0.368 e. The molecular formula is C15H14N2O2. The predicted molar refractivity (Wildman–Crippen MR) is 71.6 cm³/mol. The van der Waals surface area contributed by atoms with Crippen molar-refractivity contribution in [1.29, 1.82) is 0 Å². The van der Waals surface area contributed by atoms with Crippen molar-refractivity contribution < 1.29 is 9.53 Å². The van der Waals surface area contributed by atoms with Crippen molar-refractivity contribution in [3.63, 3.8) is 0 Å². The van der Waals surface area contributed by atoms with E-state index in [-0.39, 0.29) is 5.92 Å². The molecule has 0 unspecified atom stereocenters. The van der Waals surface area contributed by atoms with Crippen LogP contribution in [0.2, 0.25) is 0 Å². The molecule has 0 radical (unpaired) electrons. The highest BCUT2D eigenvalue weighted by Gasteiger charge is 2.13. The fourth-order valence-corrected chi connectivity index (χ4v) is 1.51. The molecule has 4 heteroatoms. The van der Waals surface area contributed by atoms with Crippen LogP contribution in [0.15, 0.2) is 42.7 Å². The van der Waals surface area contributed by atoms with Gasteiger partial charge in [0.1, 0.15) is 6.11 Å². The van der Waals surface area contributed by atoms with Crippen LogP contribution in [0.1, 0.15) is 24.2 Å². The standard InChI is InChI=1S/C15H14N2O2/c1-12(2)8-11-19-15(18)13-6-3-4-7-14(13)17-10-5-9-16-17/h3-7,9-10,12H,1-2H3. The van der Waals surface area contributed by atoms with Crippen molar-refractivity contribution in [2.24, 2.45) is 5.92 Å². The molecule has 0 spiro atoms. The van der Waals surface area contributed by atoms with Gasteiger partial charge in [0.05, 0.1) is 11.3 Å². The van der Waals surface area contributed by atoms with Crippen LogP contribution in [0.25, 0.3) is 5.69 Å². The summed E-state index contributed by atoms with van der Waals surface area (Å²) in [5.74, 6) is 2.47. The zero-order valence-electron chi connectivity index (χ0n) is 10.8. The molecule has 0 bridgehead atoms. The lowest BCUT2D eigenvalue weighted by Gasteiger charge is -2.06. The second-order valence-corrected chi connectivity index (χ2v) is 4.26. The molecule has 0 aliphatic rings. The quantitative estimate of drug-likeness (QED) is 0.611. The number of benzene rings is 1. The first-order valence-corrected chi connectivity index (χ1v) is 5.99. The number of carbonyl (C=O) groups excluding carboxylic acids is 1. The van der Waals surface area contributed by atoms with Crippen LogP contribution >= 0.6 is 0 Å². The van der Waals surface area contributed by atoms with Gasteiger partial charge in [0.25, 0.3) is 0 Å². The van der Waals surface area contributed by atoms with Gasteiger partial charge in [0.2, 0.25) is 0 Å². The Labute approximate surface area is 112 Å². The SMILES string of the molecule is CC(C)C#COC(=O)c1ccccc1-n1cccn1. The average Bonchev–Trinajstić information content (AvgIpc) is 2.92. The van der Waals surface area contributed by atoms with Crippen LogP contribution < -0.4 is 0 Å². The maximum atomic E-state index is 12.0. The Balaban J connectivity index is 2.26. The van der Waals surface area contributed by atoms with Crippen molar-refractivity contribution in [3.05, 3.63) is 48.3 Å². The molecule has 0 aliphatic carbocycles. The zero-order chi connectivity index (χ0) is 13.7. The number of aromatic nitrogens is 2. The minimum absolute atomic E-state index is 0.161. The molecule has 0 atom stereocenters. The van der Waals surface area contributed by atoms with Crippen LogP contribution in [0.5, 0.6) is 0 Å². The van der Waals surface area contributed by atoms with Gasteiger partial charge >= 0.3 is 5.97 Å². The maximum absolute atomic E-state index is 12.0. The summed E-state index contributed by atoms with van der Waals surface area (Å²) < 4.78 is 6.55. The summed E-state index contributed by atoms with van der Waals surface area (Å²) in [7, 11) is 0. The van der Waals surface area contributed by atoms with Gasteiger partial charge in [-0.2, -0.15) is 5.10 Å². The average molecular weight is 254 g/mol. The molecule has 4 nitrogen and oxygen atoms in total. The summed E-state index contributed by atoms with van der Waals surface area (Å²) in [6.45, 7) is 3.86. The van der Waals surface area contributed by atoms with Gasteiger partial charge in [-0.05, 0) is 18.2 Å². The Hall–Kier alpha value is -2.54. The highest BCUT2D eigenvalue weighted by molar-refractivity contribution is 5.94. The molecular weight excluding hydrogens is 240 g/mol. The van der Waals surface area contributed by atoms with E-state index in [9.17, 15) is 4.79 Å². The van der Waals surface area contributed by atoms with Crippen LogP contribution in [-0.4, -0.2) is 15.7 Å². The summed E-state index contributed by atoms with van der Waals surface area (Å²) in [6.07, 6.45) is 5.85. The minimum atomic E-state index is -0.473. The summed E-state index contributed by atoms with van der Waals surface area (Å²) in [6, 6.07) is 8.91. The molecule has 0 N–H and O–H groups in total.